The van der Waals surface area contributed by atoms with Gasteiger partial charge >= 0.3 is 0 Å². The van der Waals surface area contributed by atoms with Gasteiger partial charge in [-0.15, -0.1) is 0 Å². The highest BCUT2D eigenvalue weighted by molar-refractivity contribution is 7.84. The summed E-state index contributed by atoms with van der Waals surface area (Å²) in [5, 5.41) is 3.26. The van der Waals surface area contributed by atoms with E-state index in [2.05, 4.69) is 10.3 Å². The van der Waals surface area contributed by atoms with E-state index >= 15 is 0 Å². The minimum Gasteiger partial charge on any atom is -0.466 e. The summed E-state index contributed by atoms with van der Waals surface area (Å²) in [4.78, 5) is 4.78. The number of nitrogens with one attached hydrogen (secondary N) is 1. The first-order valence-electron chi connectivity index (χ1n) is 5.91. The first-order chi connectivity index (χ1) is 9.65. The van der Waals surface area contributed by atoms with Crippen LogP contribution in [0.1, 0.15) is 5.56 Å². The smallest absolute Gasteiger partial charge is 0.261 e. The number of hydrogen-bond donors (Lipinski definition) is 1. The van der Waals surface area contributed by atoms with Crippen molar-refractivity contribution < 1.29 is 8.95 Å². The van der Waals surface area contributed by atoms with Crippen molar-refractivity contribution in [2.24, 2.45) is 0 Å². The number of pyridine rings is 1. The summed E-state index contributed by atoms with van der Waals surface area (Å²) in [5.74, 6) is 0. The quantitative estimate of drug-likeness (QED) is 0.880. The molecule has 0 bridgehead atoms. The number of ether oxygens (including phenoxy) is 1. The second-order valence-corrected chi connectivity index (χ2v) is 5.79. The van der Waals surface area contributed by atoms with Crippen molar-refractivity contribution in [2.75, 3.05) is 11.6 Å². The third kappa shape index (κ3) is 4.40. The maximum atomic E-state index is 11.3. The van der Waals surface area contributed by atoms with Crippen LogP contribution in [0.15, 0.2) is 53.7 Å². The highest BCUT2D eigenvalue weighted by atomic mass is 32.2. The van der Waals surface area contributed by atoms with Crippen molar-refractivity contribution in [3.63, 3.8) is 0 Å². The number of nitrogens with zero attached hydrogens (tertiary/aromatic N) is 1. The van der Waals surface area contributed by atoms with Gasteiger partial charge < -0.3 is 10.1 Å². The summed E-state index contributed by atoms with van der Waals surface area (Å²) < 4.78 is 16.7. The largest absolute Gasteiger partial charge is 0.466 e. The number of thiocarbonyl (C=S) groups is 1. The fourth-order valence-electron chi connectivity index (χ4n) is 1.52. The number of anilines is 1. The van der Waals surface area contributed by atoms with Gasteiger partial charge in [-0.25, -0.2) is 0 Å². The molecule has 1 aromatic carbocycles. The Hall–Kier alpha value is -1.79. The predicted molar refractivity (Wildman–Crippen MR) is 84.0 cm³/mol. The van der Waals surface area contributed by atoms with Crippen molar-refractivity contribution in [1.82, 2.24) is 4.98 Å². The molecule has 1 atom stereocenters. The zero-order valence-corrected chi connectivity index (χ0v) is 12.5. The van der Waals surface area contributed by atoms with E-state index in [1.165, 1.54) is 0 Å². The standard InChI is InChI=1S/C14H14N2O2S2/c1-20(17)13-6-4-12(5-7-13)16-14(19)18-10-11-3-2-8-15-9-11/h2-9H,10H2,1H3,(H,16,19). The zero-order chi connectivity index (χ0) is 14.4. The molecule has 0 aliphatic carbocycles. The number of aromatic nitrogens is 1. The summed E-state index contributed by atoms with van der Waals surface area (Å²) >= 11 is 5.11. The van der Waals surface area contributed by atoms with Gasteiger partial charge in [0.15, 0.2) is 0 Å². The average Bonchev–Trinajstić information content (AvgIpc) is 2.47. The first kappa shape index (κ1) is 14.6. The van der Waals surface area contributed by atoms with Gasteiger partial charge in [0.1, 0.15) is 6.61 Å². The Morgan fingerprint density at radius 2 is 2.10 bits per heavy atom. The van der Waals surface area contributed by atoms with Crippen LogP contribution in [-0.2, 0) is 22.1 Å². The van der Waals surface area contributed by atoms with Gasteiger partial charge in [-0.2, -0.15) is 0 Å². The molecular formula is C14H14N2O2S2. The molecule has 1 unspecified atom stereocenters. The lowest BCUT2D eigenvalue weighted by Gasteiger charge is -2.10. The van der Waals surface area contributed by atoms with Crippen LogP contribution in [0.25, 0.3) is 0 Å². The summed E-state index contributed by atoms with van der Waals surface area (Å²) in [7, 11) is -0.977. The number of hydrogen-bond acceptors (Lipinski definition) is 4. The highest BCUT2D eigenvalue weighted by Crippen LogP contribution is 2.12. The summed E-state index contributed by atoms with van der Waals surface area (Å²) in [6.45, 7) is 0.372. The molecule has 0 spiro atoms. The van der Waals surface area contributed by atoms with Crippen molar-refractivity contribution in [3.05, 3.63) is 54.4 Å². The average molecular weight is 306 g/mol. The molecule has 0 aliphatic rings. The molecule has 1 heterocycles. The number of benzene rings is 1. The topological polar surface area (TPSA) is 51.2 Å². The Labute approximate surface area is 125 Å². The van der Waals surface area contributed by atoms with Crippen molar-refractivity contribution in [2.45, 2.75) is 11.5 Å². The van der Waals surface area contributed by atoms with Gasteiger partial charge in [-0.05, 0) is 42.5 Å². The number of rotatable bonds is 4. The molecule has 20 heavy (non-hydrogen) atoms. The van der Waals surface area contributed by atoms with E-state index in [-0.39, 0.29) is 0 Å². The summed E-state index contributed by atoms with van der Waals surface area (Å²) in [6, 6.07) is 11.0. The zero-order valence-electron chi connectivity index (χ0n) is 10.9. The minimum absolute atomic E-state index is 0.291. The monoisotopic (exact) mass is 306 g/mol. The van der Waals surface area contributed by atoms with Gasteiger partial charge in [-0.3, -0.25) is 9.19 Å². The third-order valence-corrected chi connectivity index (χ3v) is 3.68. The lowest BCUT2D eigenvalue weighted by molar-refractivity contribution is 0.299. The van der Waals surface area contributed by atoms with Crippen LogP contribution in [-0.4, -0.2) is 20.6 Å². The molecule has 0 aliphatic heterocycles. The van der Waals surface area contributed by atoms with Crippen LogP contribution in [0.2, 0.25) is 0 Å². The van der Waals surface area contributed by atoms with Crippen LogP contribution in [0, 0.1) is 0 Å². The molecule has 0 amide bonds. The first-order valence-corrected chi connectivity index (χ1v) is 7.88. The van der Waals surface area contributed by atoms with E-state index in [0.717, 1.165) is 16.1 Å². The molecule has 1 aromatic heterocycles. The van der Waals surface area contributed by atoms with Crippen molar-refractivity contribution in [1.29, 1.82) is 0 Å². The molecule has 104 valence electrons. The molecule has 2 rings (SSSR count). The maximum Gasteiger partial charge on any atom is 0.261 e. The molecule has 2 aromatic rings. The molecule has 0 fully saturated rings. The fraction of sp³-hybridized carbons (Fsp3) is 0.143. The summed E-state index contributed by atoms with van der Waals surface area (Å²) in [6.07, 6.45) is 5.08. The minimum atomic E-state index is -0.977. The second-order valence-electron chi connectivity index (χ2n) is 4.04. The Morgan fingerprint density at radius 1 is 1.35 bits per heavy atom. The van der Waals surface area contributed by atoms with Gasteiger partial charge in [0.2, 0.25) is 0 Å². The normalized spacial score (nSPS) is 11.7. The molecule has 1 N–H and O–H groups in total. The molecule has 0 saturated carbocycles. The molecule has 0 saturated heterocycles. The second kappa shape index (κ2) is 7.12. The van der Waals surface area contributed by atoms with Crippen LogP contribution >= 0.6 is 12.2 Å². The molecular weight excluding hydrogens is 292 g/mol. The third-order valence-electron chi connectivity index (χ3n) is 2.53. The Bertz CT molecular complexity index is 600. The van der Waals surface area contributed by atoms with E-state index in [4.69, 9.17) is 17.0 Å². The van der Waals surface area contributed by atoms with E-state index in [1.54, 1.807) is 30.8 Å². The maximum absolute atomic E-state index is 11.3. The highest BCUT2D eigenvalue weighted by Gasteiger charge is 2.01. The Balaban J connectivity index is 1.86. The van der Waals surface area contributed by atoms with Crippen LogP contribution in [0.4, 0.5) is 5.69 Å². The molecule has 4 nitrogen and oxygen atoms in total. The Kier molecular flexibility index (Phi) is 5.20. The molecule has 0 radical (unpaired) electrons. The van der Waals surface area contributed by atoms with E-state index in [1.807, 2.05) is 24.3 Å². The predicted octanol–water partition coefficient (Wildman–Crippen LogP) is 2.73. The van der Waals surface area contributed by atoms with Crippen molar-refractivity contribution >= 4 is 33.9 Å². The van der Waals surface area contributed by atoms with Crippen LogP contribution in [0.3, 0.4) is 0 Å². The van der Waals surface area contributed by atoms with E-state index < -0.39 is 10.8 Å². The van der Waals surface area contributed by atoms with Crippen LogP contribution < -0.4 is 5.32 Å². The van der Waals surface area contributed by atoms with E-state index in [0.29, 0.717) is 11.8 Å². The molecule has 6 heteroatoms. The lowest BCUT2D eigenvalue weighted by Crippen LogP contribution is -2.13. The van der Waals surface area contributed by atoms with Crippen LogP contribution in [0.5, 0.6) is 0 Å². The van der Waals surface area contributed by atoms with E-state index in [9.17, 15) is 4.21 Å². The summed E-state index contributed by atoms with van der Waals surface area (Å²) in [5.41, 5.74) is 1.75. The van der Waals surface area contributed by atoms with Gasteiger partial charge in [-0.1, -0.05) is 6.07 Å². The van der Waals surface area contributed by atoms with Gasteiger partial charge in [0, 0.05) is 45.6 Å². The SMILES string of the molecule is CS(=O)c1ccc(NC(=S)OCc2cccnc2)cc1. The fourth-order valence-corrected chi connectivity index (χ4v) is 2.21. The lowest BCUT2D eigenvalue weighted by atomic mass is 10.3. The Morgan fingerprint density at radius 3 is 2.70 bits per heavy atom. The van der Waals surface area contributed by atoms with Gasteiger partial charge in [0.25, 0.3) is 5.17 Å². The van der Waals surface area contributed by atoms with Gasteiger partial charge in [0.05, 0.1) is 0 Å². The van der Waals surface area contributed by atoms with Crippen molar-refractivity contribution in [3.8, 4) is 0 Å².